The molecule has 3 rings (SSSR count). The molecule has 3 amide bonds. The average molecular weight is 387 g/mol. The molecule has 7 nitrogen and oxygen atoms in total. The maximum atomic E-state index is 13.0. The van der Waals surface area contributed by atoms with Crippen LogP contribution in [0.4, 0.5) is 4.79 Å². The predicted molar refractivity (Wildman–Crippen MR) is 105 cm³/mol. The van der Waals surface area contributed by atoms with Crippen LogP contribution in [0.2, 0.25) is 0 Å². The van der Waals surface area contributed by atoms with Crippen LogP contribution in [0.25, 0.3) is 0 Å². The van der Waals surface area contributed by atoms with Gasteiger partial charge in [0.2, 0.25) is 5.91 Å². The summed E-state index contributed by atoms with van der Waals surface area (Å²) in [6, 6.07) is 7.01. The van der Waals surface area contributed by atoms with Crippen molar-refractivity contribution in [2.75, 3.05) is 40.3 Å². The van der Waals surface area contributed by atoms with Gasteiger partial charge in [-0.2, -0.15) is 0 Å². The average Bonchev–Trinajstić information content (AvgIpc) is 2.73. The minimum atomic E-state index is -0.925. The number of benzene rings is 1. The van der Waals surface area contributed by atoms with Crippen LogP contribution in [0.15, 0.2) is 24.3 Å². The fourth-order valence-electron chi connectivity index (χ4n) is 4.21. The Morgan fingerprint density at radius 1 is 0.964 bits per heavy atom. The van der Waals surface area contributed by atoms with Crippen molar-refractivity contribution in [3.05, 3.63) is 35.4 Å². The van der Waals surface area contributed by atoms with Gasteiger partial charge in [0.25, 0.3) is 0 Å². The van der Waals surface area contributed by atoms with Crippen LogP contribution in [0.1, 0.15) is 47.5 Å². The Labute approximate surface area is 165 Å². The smallest absolute Gasteiger partial charge is 0.335 e. The standard InChI is InChI=1S/C21H29N3O4/c1-22(2)21(28)23-12-9-16(10-13-23)19(25)24-11-3-4-18(14-24)15-5-7-17(8-6-15)20(26)27/h5-8,16,18H,3-4,9-14H2,1-2H3,(H,26,27)/t18-/m1/s1. The van der Waals surface area contributed by atoms with Crippen molar-refractivity contribution in [2.45, 2.75) is 31.6 Å². The number of carboxylic acids is 1. The summed E-state index contributed by atoms with van der Waals surface area (Å²) in [5.41, 5.74) is 1.38. The maximum Gasteiger partial charge on any atom is 0.335 e. The number of hydrogen-bond donors (Lipinski definition) is 1. The summed E-state index contributed by atoms with van der Waals surface area (Å²) >= 11 is 0. The molecular formula is C21H29N3O4. The summed E-state index contributed by atoms with van der Waals surface area (Å²) in [5, 5.41) is 9.05. The van der Waals surface area contributed by atoms with Crippen LogP contribution in [0.5, 0.6) is 0 Å². The third-order valence-electron chi connectivity index (χ3n) is 5.86. The largest absolute Gasteiger partial charge is 0.478 e. The molecule has 0 bridgehead atoms. The first-order valence-electron chi connectivity index (χ1n) is 9.95. The van der Waals surface area contributed by atoms with Gasteiger partial charge in [0.15, 0.2) is 0 Å². The van der Waals surface area contributed by atoms with Gasteiger partial charge in [-0.1, -0.05) is 12.1 Å². The monoisotopic (exact) mass is 387 g/mol. The number of nitrogens with zero attached hydrogens (tertiary/aromatic N) is 3. The van der Waals surface area contributed by atoms with Gasteiger partial charge in [0, 0.05) is 52.1 Å². The molecule has 2 saturated heterocycles. The zero-order chi connectivity index (χ0) is 20.3. The normalized spacial score (nSPS) is 20.7. The van der Waals surface area contributed by atoms with Gasteiger partial charge in [0.05, 0.1) is 5.56 Å². The first kappa shape index (κ1) is 20.2. The molecule has 1 aromatic carbocycles. The number of rotatable bonds is 3. The number of carboxylic acid groups (broad SMARTS) is 1. The molecule has 1 atom stereocenters. The van der Waals surface area contributed by atoms with Crippen LogP contribution in [-0.4, -0.2) is 78.0 Å². The summed E-state index contributed by atoms with van der Waals surface area (Å²) in [7, 11) is 3.49. The molecule has 2 heterocycles. The van der Waals surface area contributed by atoms with E-state index in [4.69, 9.17) is 5.11 Å². The Kier molecular flexibility index (Phi) is 6.21. The topological polar surface area (TPSA) is 81.2 Å². The molecule has 0 spiro atoms. The highest BCUT2D eigenvalue weighted by Gasteiger charge is 2.33. The van der Waals surface area contributed by atoms with Gasteiger partial charge in [-0.05, 0) is 43.4 Å². The number of hydrogen-bond acceptors (Lipinski definition) is 3. The fourth-order valence-corrected chi connectivity index (χ4v) is 4.21. The molecule has 152 valence electrons. The highest BCUT2D eigenvalue weighted by Crippen LogP contribution is 2.29. The molecule has 1 N–H and O–H groups in total. The number of aromatic carboxylic acids is 1. The highest BCUT2D eigenvalue weighted by atomic mass is 16.4. The summed E-state index contributed by atoms with van der Waals surface area (Å²) in [6.45, 7) is 2.71. The van der Waals surface area contributed by atoms with E-state index in [9.17, 15) is 14.4 Å². The van der Waals surface area contributed by atoms with E-state index in [0.29, 0.717) is 32.5 Å². The zero-order valence-electron chi connectivity index (χ0n) is 16.6. The molecule has 0 radical (unpaired) electrons. The summed E-state index contributed by atoms with van der Waals surface area (Å²) in [6.07, 6.45) is 3.39. The van der Waals surface area contributed by atoms with Crippen LogP contribution < -0.4 is 0 Å². The first-order chi connectivity index (χ1) is 13.4. The Morgan fingerprint density at radius 3 is 2.18 bits per heavy atom. The van der Waals surface area contributed by atoms with Crippen molar-refractivity contribution in [1.82, 2.24) is 14.7 Å². The molecule has 2 aliphatic heterocycles. The second-order valence-electron chi connectivity index (χ2n) is 7.99. The van der Waals surface area contributed by atoms with Crippen molar-refractivity contribution >= 4 is 17.9 Å². The van der Waals surface area contributed by atoms with E-state index in [1.807, 2.05) is 21.9 Å². The molecular weight excluding hydrogens is 358 g/mol. The van der Waals surface area contributed by atoms with Gasteiger partial charge >= 0.3 is 12.0 Å². The van der Waals surface area contributed by atoms with Crippen LogP contribution in [0, 0.1) is 5.92 Å². The molecule has 0 aromatic heterocycles. The van der Waals surface area contributed by atoms with Crippen molar-refractivity contribution in [3.8, 4) is 0 Å². The van der Waals surface area contributed by atoms with Crippen molar-refractivity contribution < 1.29 is 19.5 Å². The Balaban J connectivity index is 1.57. The SMILES string of the molecule is CN(C)C(=O)N1CCC(C(=O)N2CCC[C@@H](c3ccc(C(=O)O)cc3)C2)CC1. The van der Waals surface area contributed by atoms with Crippen molar-refractivity contribution in [2.24, 2.45) is 5.92 Å². The van der Waals surface area contributed by atoms with Gasteiger partial charge in [0.1, 0.15) is 0 Å². The second-order valence-corrected chi connectivity index (χ2v) is 7.99. The van der Waals surface area contributed by atoms with Gasteiger partial charge in [-0.15, -0.1) is 0 Å². The van der Waals surface area contributed by atoms with E-state index in [2.05, 4.69) is 0 Å². The first-order valence-corrected chi connectivity index (χ1v) is 9.95. The molecule has 0 unspecified atom stereocenters. The molecule has 7 heteroatoms. The lowest BCUT2D eigenvalue weighted by atomic mass is 9.88. The van der Waals surface area contributed by atoms with Gasteiger partial charge in [-0.3, -0.25) is 4.79 Å². The lowest BCUT2D eigenvalue weighted by Gasteiger charge is -2.38. The second kappa shape index (κ2) is 8.63. The minimum Gasteiger partial charge on any atom is -0.478 e. The van der Waals surface area contributed by atoms with Crippen molar-refractivity contribution in [3.63, 3.8) is 0 Å². The number of piperidine rings is 2. The molecule has 2 aliphatic rings. The highest BCUT2D eigenvalue weighted by molar-refractivity contribution is 5.87. The number of urea groups is 1. The Morgan fingerprint density at radius 2 is 1.61 bits per heavy atom. The molecule has 2 fully saturated rings. The molecule has 0 saturated carbocycles. The van der Waals surface area contributed by atoms with E-state index in [0.717, 1.165) is 24.9 Å². The van der Waals surface area contributed by atoms with E-state index in [1.165, 1.54) is 0 Å². The number of amides is 3. The van der Waals surface area contributed by atoms with Gasteiger partial charge < -0.3 is 19.8 Å². The number of likely N-dealkylation sites (tertiary alicyclic amines) is 2. The van der Waals surface area contributed by atoms with E-state index in [-0.39, 0.29) is 29.3 Å². The Bertz CT molecular complexity index is 724. The minimum absolute atomic E-state index is 0.00810. The van der Waals surface area contributed by atoms with Crippen molar-refractivity contribution in [1.29, 1.82) is 0 Å². The van der Waals surface area contributed by atoms with Crippen LogP contribution in [-0.2, 0) is 4.79 Å². The quantitative estimate of drug-likeness (QED) is 0.864. The fraction of sp³-hybridized carbons (Fsp3) is 0.571. The number of carbonyl (C=O) groups excluding carboxylic acids is 2. The summed E-state index contributed by atoms with van der Waals surface area (Å²) in [5.74, 6) is -0.495. The van der Waals surface area contributed by atoms with E-state index in [1.54, 1.807) is 31.1 Å². The Hall–Kier alpha value is -2.57. The molecule has 0 aliphatic carbocycles. The molecule has 28 heavy (non-hydrogen) atoms. The predicted octanol–water partition coefficient (Wildman–Crippen LogP) is 2.48. The molecule has 1 aromatic rings. The summed E-state index contributed by atoms with van der Waals surface area (Å²) in [4.78, 5) is 41.5. The third kappa shape index (κ3) is 4.46. The lowest BCUT2D eigenvalue weighted by Crippen LogP contribution is -2.48. The summed E-state index contributed by atoms with van der Waals surface area (Å²) < 4.78 is 0. The third-order valence-corrected chi connectivity index (χ3v) is 5.86. The van der Waals surface area contributed by atoms with Gasteiger partial charge in [-0.25, -0.2) is 9.59 Å². The zero-order valence-corrected chi connectivity index (χ0v) is 16.6. The maximum absolute atomic E-state index is 13.0. The van der Waals surface area contributed by atoms with E-state index < -0.39 is 5.97 Å². The van der Waals surface area contributed by atoms with Crippen LogP contribution in [0.3, 0.4) is 0 Å². The van der Waals surface area contributed by atoms with Crippen LogP contribution >= 0.6 is 0 Å². The van der Waals surface area contributed by atoms with E-state index >= 15 is 0 Å². The number of carbonyl (C=O) groups is 3. The lowest BCUT2D eigenvalue weighted by molar-refractivity contribution is -0.138.